The minimum Gasteiger partial charge on any atom is -0.489 e. The fourth-order valence-electron chi connectivity index (χ4n) is 2.37. The molecule has 1 atom stereocenters. The SMILES string of the molecule is CC(=O)Nc1cccc(OC[C@@H](O)COCc2ccccc2)c1NC(C)=O. The Bertz CT molecular complexity index is 764. The van der Waals surface area contributed by atoms with Gasteiger partial charge in [0.05, 0.1) is 18.9 Å². The summed E-state index contributed by atoms with van der Waals surface area (Å²) in [4.78, 5) is 22.8. The molecule has 2 amide bonds. The van der Waals surface area contributed by atoms with Gasteiger partial charge in [0, 0.05) is 13.8 Å². The second-order valence-corrected chi connectivity index (χ2v) is 6.01. The van der Waals surface area contributed by atoms with Crippen LogP contribution in [0.4, 0.5) is 11.4 Å². The molecule has 2 aromatic carbocycles. The molecule has 0 bridgehead atoms. The first-order chi connectivity index (χ1) is 13.0. The number of anilines is 2. The molecule has 0 aromatic heterocycles. The number of aliphatic hydroxyl groups is 1. The Labute approximate surface area is 158 Å². The van der Waals surface area contributed by atoms with Crippen LogP contribution in [0, 0.1) is 0 Å². The van der Waals surface area contributed by atoms with Crippen molar-refractivity contribution >= 4 is 23.2 Å². The second kappa shape index (κ2) is 10.3. The van der Waals surface area contributed by atoms with E-state index in [2.05, 4.69) is 10.6 Å². The number of rotatable bonds is 9. The molecule has 0 aliphatic carbocycles. The molecule has 2 rings (SSSR count). The molecule has 144 valence electrons. The highest BCUT2D eigenvalue weighted by atomic mass is 16.5. The molecule has 0 fully saturated rings. The number of hydrogen-bond donors (Lipinski definition) is 3. The minimum absolute atomic E-state index is 0.0229. The molecule has 2 aromatic rings. The van der Waals surface area contributed by atoms with Crippen LogP contribution in [0.15, 0.2) is 48.5 Å². The highest BCUT2D eigenvalue weighted by Crippen LogP contribution is 2.32. The van der Waals surface area contributed by atoms with E-state index in [0.717, 1.165) is 5.56 Å². The van der Waals surface area contributed by atoms with E-state index in [-0.39, 0.29) is 25.0 Å². The van der Waals surface area contributed by atoms with Crippen LogP contribution in [0.1, 0.15) is 19.4 Å². The van der Waals surface area contributed by atoms with E-state index in [1.165, 1.54) is 13.8 Å². The quantitative estimate of drug-likeness (QED) is 0.629. The van der Waals surface area contributed by atoms with Gasteiger partial charge < -0.3 is 25.2 Å². The van der Waals surface area contributed by atoms with E-state index < -0.39 is 6.10 Å². The zero-order valence-corrected chi connectivity index (χ0v) is 15.4. The second-order valence-electron chi connectivity index (χ2n) is 6.01. The minimum atomic E-state index is -0.844. The largest absolute Gasteiger partial charge is 0.489 e. The summed E-state index contributed by atoms with van der Waals surface area (Å²) in [5, 5.41) is 15.4. The van der Waals surface area contributed by atoms with Gasteiger partial charge in [0.25, 0.3) is 0 Å². The van der Waals surface area contributed by atoms with E-state index >= 15 is 0 Å². The maximum absolute atomic E-state index is 11.5. The van der Waals surface area contributed by atoms with Crippen LogP contribution in [0.25, 0.3) is 0 Å². The predicted octanol–water partition coefficient (Wildman–Crippen LogP) is 2.56. The van der Waals surface area contributed by atoms with Crippen LogP contribution in [0.3, 0.4) is 0 Å². The van der Waals surface area contributed by atoms with Gasteiger partial charge >= 0.3 is 0 Å². The van der Waals surface area contributed by atoms with Gasteiger partial charge in [0.2, 0.25) is 11.8 Å². The standard InChI is InChI=1S/C20H24N2O5/c1-14(23)21-18-9-6-10-19(20(18)22-15(2)24)27-13-17(25)12-26-11-16-7-4-3-5-8-16/h3-10,17,25H,11-13H2,1-2H3,(H,21,23)(H,22,24)/t17-/m0/s1. The zero-order valence-electron chi connectivity index (χ0n) is 15.4. The predicted molar refractivity (Wildman–Crippen MR) is 103 cm³/mol. The topological polar surface area (TPSA) is 96.9 Å². The Kier molecular flexibility index (Phi) is 7.79. The lowest BCUT2D eigenvalue weighted by Gasteiger charge is -2.18. The molecule has 0 aliphatic rings. The lowest BCUT2D eigenvalue weighted by Crippen LogP contribution is -2.24. The monoisotopic (exact) mass is 372 g/mol. The van der Waals surface area contributed by atoms with Crippen LogP contribution in [0.2, 0.25) is 0 Å². The van der Waals surface area contributed by atoms with Gasteiger partial charge in [-0.3, -0.25) is 9.59 Å². The third-order valence-corrected chi connectivity index (χ3v) is 3.49. The van der Waals surface area contributed by atoms with Crippen molar-refractivity contribution in [2.45, 2.75) is 26.6 Å². The summed E-state index contributed by atoms with van der Waals surface area (Å²) in [6, 6.07) is 14.6. The Hall–Kier alpha value is -2.90. The molecule has 27 heavy (non-hydrogen) atoms. The Morgan fingerprint density at radius 1 is 0.963 bits per heavy atom. The summed E-state index contributed by atoms with van der Waals surface area (Å²) in [5.74, 6) is -0.226. The van der Waals surface area contributed by atoms with Gasteiger partial charge in [-0.15, -0.1) is 0 Å². The van der Waals surface area contributed by atoms with Crippen molar-refractivity contribution in [3.8, 4) is 5.75 Å². The van der Waals surface area contributed by atoms with Crippen molar-refractivity contribution in [3.63, 3.8) is 0 Å². The molecule has 7 heteroatoms. The van der Waals surface area contributed by atoms with E-state index in [1.807, 2.05) is 30.3 Å². The fourth-order valence-corrected chi connectivity index (χ4v) is 2.37. The van der Waals surface area contributed by atoms with Gasteiger partial charge in [0.1, 0.15) is 24.1 Å². The normalized spacial score (nSPS) is 11.5. The molecule has 0 aliphatic heterocycles. The number of aliphatic hydroxyl groups excluding tert-OH is 1. The number of amides is 2. The molecular formula is C20H24N2O5. The number of carbonyl (C=O) groups is 2. The Morgan fingerprint density at radius 2 is 1.67 bits per heavy atom. The average molecular weight is 372 g/mol. The summed E-state index contributed by atoms with van der Waals surface area (Å²) in [7, 11) is 0. The lowest BCUT2D eigenvalue weighted by molar-refractivity contribution is -0.115. The summed E-state index contributed by atoms with van der Waals surface area (Å²) in [5.41, 5.74) is 1.78. The number of benzene rings is 2. The number of ether oxygens (including phenoxy) is 2. The highest BCUT2D eigenvalue weighted by Gasteiger charge is 2.14. The third kappa shape index (κ3) is 7.08. The van der Waals surface area contributed by atoms with Crippen LogP contribution in [-0.2, 0) is 20.9 Å². The summed E-state index contributed by atoms with van der Waals surface area (Å²) in [6.07, 6.45) is -0.844. The molecule has 7 nitrogen and oxygen atoms in total. The van der Waals surface area contributed by atoms with Crippen molar-refractivity contribution in [3.05, 3.63) is 54.1 Å². The first kappa shape index (κ1) is 20.4. The van der Waals surface area contributed by atoms with Crippen molar-refractivity contribution in [1.82, 2.24) is 0 Å². The zero-order chi connectivity index (χ0) is 19.6. The number of nitrogens with one attached hydrogen (secondary N) is 2. The third-order valence-electron chi connectivity index (χ3n) is 3.49. The van der Waals surface area contributed by atoms with Crippen molar-refractivity contribution in [1.29, 1.82) is 0 Å². The van der Waals surface area contributed by atoms with E-state index in [0.29, 0.717) is 23.7 Å². The van der Waals surface area contributed by atoms with Crippen molar-refractivity contribution in [2.24, 2.45) is 0 Å². The lowest BCUT2D eigenvalue weighted by atomic mass is 10.2. The number of para-hydroxylation sites is 1. The van der Waals surface area contributed by atoms with E-state index in [1.54, 1.807) is 18.2 Å². The van der Waals surface area contributed by atoms with Gasteiger partial charge in [-0.25, -0.2) is 0 Å². The maximum Gasteiger partial charge on any atom is 0.221 e. The highest BCUT2D eigenvalue weighted by molar-refractivity contribution is 6.00. The first-order valence-electron chi connectivity index (χ1n) is 8.56. The smallest absolute Gasteiger partial charge is 0.221 e. The average Bonchev–Trinajstić information content (AvgIpc) is 2.62. The summed E-state index contributed by atoms with van der Waals surface area (Å²) in [6.45, 7) is 3.22. The van der Waals surface area contributed by atoms with Gasteiger partial charge in [-0.2, -0.15) is 0 Å². The first-order valence-corrected chi connectivity index (χ1v) is 8.56. The molecule has 0 heterocycles. The molecule has 0 spiro atoms. The fraction of sp³-hybridized carbons (Fsp3) is 0.300. The van der Waals surface area contributed by atoms with E-state index in [4.69, 9.17) is 9.47 Å². The molecule has 0 unspecified atom stereocenters. The van der Waals surface area contributed by atoms with Gasteiger partial charge in [-0.05, 0) is 17.7 Å². The molecule has 0 radical (unpaired) electrons. The van der Waals surface area contributed by atoms with Crippen LogP contribution in [-0.4, -0.2) is 36.2 Å². The van der Waals surface area contributed by atoms with Crippen LogP contribution < -0.4 is 15.4 Å². The Balaban J connectivity index is 1.93. The number of hydrogen-bond acceptors (Lipinski definition) is 5. The maximum atomic E-state index is 11.5. The number of carbonyl (C=O) groups excluding carboxylic acids is 2. The van der Waals surface area contributed by atoms with Crippen LogP contribution in [0.5, 0.6) is 5.75 Å². The molecule has 0 saturated heterocycles. The van der Waals surface area contributed by atoms with Gasteiger partial charge in [0.15, 0.2) is 0 Å². The van der Waals surface area contributed by atoms with Crippen molar-refractivity contribution in [2.75, 3.05) is 23.8 Å². The van der Waals surface area contributed by atoms with Gasteiger partial charge in [-0.1, -0.05) is 36.4 Å². The summed E-state index contributed by atoms with van der Waals surface area (Å²) < 4.78 is 11.1. The molecule has 0 saturated carbocycles. The summed E-state index contributed by atoms with van der Waals surface area (Å²) >= 11 is 0. The van der Waals surface area contributed by atoms with E-state index in [9.17, 15) is 14.7 Å². The Morgan fingerprint density at radius 3 is 2.33 bits per heavy atom. The van der Waals surface area contributed by atoms with Crippen LogP contribution >= 0.6 is 0 Å². The molecular weight excluding hydrogens is 348 g/mol. The molecule has 3 N–H and O–H groups in total. The van der Waals surface area contributed by atoms with Crippen molar-refractivity contribution < 1.29 is 24.2 Å².